The number of hydrogen-bond donors (Lipinski definition) is 2. The number of aryl methyl sites for hydroxylation is 1. The number of hydrogen-bond acceptors (Lipinski definition) is 5. The second kappa shape index (κ2) is 6.10. The van der Waals surface area contributed by atoms with Crippen molar-refractivity contribution in [2.45, 2.75) is 6.92 Å². The highest BCUT2D eigenvalue weighted by Crippen LogP contribution is 2.42. The molecule has 0 aliphatic heterocycles. The largest absolute Gasteiger partial charge is 0.436 e. The molecule has 0 amide bonds. The summed E-state index contributed by atoms with van der Waals surface area (Å²) in [4.78, 5) is 8.76. The molecule has 4 aromatic rings. The van der Waals surface area contributed by atoms with Gasteiger partial charge in [-0.2, -0.15) is 0 Å². The van der Waals surface area contributed by atoms with Crippen LogP contribution in [0.5, 0.6) is 0 Å². The summed E-state index contributed by atoms with van der Waals surface area (Å²) in [6, 6.07) is 8.47. The van der Waals surface area contributed by atoms with Gasteiger partial charge in [-0.15, -0.1) is 0 Å². The number of anilines is 2. The van der Waals surface area contributed by atoms with E-state index in [1.54, 1.807) is 24.5 Å². The predicted molar refractivity (Wildman–Crippen MR) is 104 cm³/mol. The first kappa shape index (κ1) is 16.5. The van der Waals surface area contributed by atoms with Crippen LogP contribution < -0.4 is 11.5 Å². The van der Waals surface area contributed by atoms with E-state index in [9.17, 15) is 4.39 Å². The van der Waals surface area contributed by atoms with E-state index >= 15 is 0 Å². The topological polar surface area (TPSA) is 91.0 Å². The van der Waals surface area contributed by atoms with Crippen LogP contribution >= 0.6 is 15.9 Å². The first-order chi connectivity index (χ1) is 12.5. The number of nitrogens with two attached hydrogens (primary N) is 2. The van der Waals surface area contributed by atoms with Gasteiger partial charge in [-0.05, 0) is 52.7 Å². The number of pyridine rings is 2. The summed E-state index contributed by atoms with van der Waals surface area (Å²) in [7, 11) is 0. The van der Waals surface area contributed by atoms with Crippen molar-refractivity contribution in [1.29, 1.82) is 0 Å². The fourth-order valence-corrected chi connectivity index (χ4v) is 3.31. The van der Waals surface area contributed by atoms with Crippen molar-refractivity contribution in [1.82, 2.24) is 9.97 Å². The van der Waals surface area contributed by atoms with Crippen molar-refractivity contribution in [3.05, 3.63) is 58.7 Å². The molecule has 0 spiro atoms. The Morgan fingerprint density at radius 2 is 1.88 bits per heavy atom. The minimum absolute atomic E-state index is 0.127. The van der Waals surface area contributed by atoms with Gasteiger partial charge in [-0.3, -0.25) is 9.97 Å². The predicted octanol–water partition coefficient (Wildman–Crippen LogP) is 4.93. The Morgan fingerprint density at radius 3 is 2.62 bits per heavy atom. The van der Waals surface area contributed by atoms with Crippen LogP contribution in [0.25, 0.3) is 33.4 Å². The molecule has 3 aromatic heterocycles. The first-order valence-corrected chi connectivity index (χ1v) is 8.60. The number of fused-ring (bicyclic) bond motifs is 1. The Hall–Kier alpha value is -2.93. The quantitative estimate of drug-likeness (QED) is 0.486. The van der Waals surface area contributed by atoms with Crippen molar-refractivity contribution in [2.75, 3.05) is 11.5 Å². The lowest BCUT2D eigenvalue weighted by atomic mass is 10.0. The lowest BCUT2D eigenvalue weighted by molar-refractivity contribution is 0.621. The van der Waals surface area contributed by atoms with Gasteiger partial charge in [0.1, 0.15) is 17.2 Å². The highest BCUT2D eigenvalue weighted by atomic mass is 79.9. The van der Waals surface area contributed by atoms with Crippen LogP contribution in [0.1, 0.15) is 5.69 Å². The van der Waals surface area contributed by atoms with Gasteiger partial charge >= 0.3 is 0 Å². The average Bonchev–Trinajstić information content (AvgIpc) is 2.92. The van der Waals surface area contributed by atoms with Gasteiger partial charge in [0.25, 0.3) is 0 Å². The Morgan fingerprint density at radius 1 is 1.08 bits per heavy atom. The number of aromatic nitrogens is 2. The summed E-state index contributed by atoms with van der Waals surface area (Å²) in [5.41, 5.74) is 16.7. The van der Waals surface area contributed by atoms with Crippen molar-refractivity contribution < 1.29 is 8.81 Å². The number of benzene rings is 1. The third-order valence-electron chi connectivity index (χ3n) is 4.18. The van der Waals surface area contributed by atoms with Crippen LogP contribution in [0.4, 0.5) is 16.0 Å². The molecule has 4 rings (SSSR count). The van der Waals surface area contributed by atoms with E-state index in [-0.39, 0.29) is 11.7 Å². The molecule has 26 heavy (non-hydrogen) atoms. The highest BCUT2D eigenvalue weighted by molar-refractivity contribution is 9.10. The van der Waals surface area contributed by atoms with Crippen LogP contribution in [0.2, 0.25) is 0 Å². The number of nitrogen functional groups attached to an aromatic ring is 2. The van der Waals surface area contributed by atoms with E-state index in [1.165, 1.54) is 6.07 Å². The molecule has 0 aliphatic rings. The van der Waals surface area contributed by atoms with E-state index in [4.69, 9.17) is 15.9 Å². The monoisotopic (exact) mass is 412 g/mol. The molecule has 4 N–H and O–H groups in total. The summed E-state index contributed by atoms with van der Waals surface area (Å²) in [6.45, 7) is 1.90. The molecule has 7 heteroatoms. The van der Waals surface area contributed by atoms with Crippen LogP contribution in [-0.2, 0) is 0 Å². The number of halogens is 2. The van der Waals surface area contributed by atoms with Crippen LogP contribution in [0, 0.1) is 12.7 Å². The summed E-state index contributed by atoms with van der Waals surface area (Å²) >= 11 is 3.21. The van der Waals surface area contributed by atoms with Crippen LogP contribution in [0.3, 0.4) is 0 Å². The van der Waals surface area contributed by atoms with Crippen molar-refractivity contribution in [3.8, 4) is 22.4 Å². The maximum absolute atomic E-state index is 13.6. The zero-order valence-electron chi connectivity index (χ0n) is 13.8. The summed E-state index contributed by atoms with van der Waals surface area (Å²) < 4.78 is 19.7. The second-order valence-corrected chi connectivity index (χ2v) is 6.77. The number of rotatable bonds is 2. The molecule has 0 saturated heterocycles. The fourth-order valence-electron chi connectivity index (χ4n) is 2.93. The maximum Gasteiger partial charge on any atom is 0.215 e. The molecule has 3 heterocycles. The Labute approximate surface area is 157 Å². The molecule has 130 valence electrons. The smallest absolute Gasteiger partial charge is 0.215 e. The van der Waals surface area contributed by atoms with E-state index < -0.39 is 0 Å². The van der Waals surface area contributed by atoms with Gasteiger partial charge in [0.05, 0.1) is 9.86 Å². The van der Waals surface area contributed by atoms with Gasteiger partial charge in [-0.25, -0.2) is 4.39 Å². The Kier molecular flexibility index (Phi) is 3.88. The Balaban J connectivity index is 2.03. The summed E-state index contributed by atoms with van der Waals surface area (Å²) in [5, 5.41) is 0.653. The third-order valence-corrected chi connectivity index (χ3v) is 4.79. The van der Waals surface area contributed by atoms with E-state index in [0.29, 0.717) is 32.4 Å². The first-order valence-electron chi connectivity index (χ1n) is 7.80. The molecule has 0 radical (unpaired) electrons. The molecule has 0 atom stereocenters. The van der Waals surface area contributed by atoms with E-state index in [2.05, 4.69) is 25.9 Å². The van der Waals surface area contributed by atoms with Crippen molar-refractivity contribution in [2.24, 2.45) is 0 Å². The van der Waals surface area contributed by atoms with Gasteiger partial charge in [-0.1, -0.05) is 6.07 Å². The zero-order valence-corrected chi connectivity index (χ0v) is 15.3. The molecule has 1 aromatic carbocycles. The summed E-state index contributed by atoms with van der Waals surface area (Å²) in [6.07, 6.45) is 3.40. The fraction of sp³-hybridized carbons (Fsp3) is 0.0526. The molecule has 0 fully saturated rings. The lowest BCUT2D eigenvalue weighted by Gasteiger charge is -2.08. The van der Waals surface area contributed by atoms with Crippen molar-refractivity contribution in [3.63, 3.8) is 0 Å². The minimum Gasteiger partial charge on any atom is -0.436 e. The number of nitrogens with zero attached hydrogens (tertiary/aromatic N) is 2. The second-order valence-electron chi connectivity index (χ2n) is 5.92. The molecule has 5 nitrogen and oxygen atoms in total. The van der Waals surface area contributed by atoms with Crippen molar-refractivity contribution >= 4 is 38.5 Å². The molecule has 0 saturated carbocycles. The normalized spacial score (nSPS) is 11.2. The van der Waals surface area contributed by atoms with Crippen LogP contribution in [-0.4, -0.2) is 9.97 Å². The van der Waals surface area contributed by atoms with Gasteiger partial charge < -0.3 is 15.9 Å². The van der Waals surface area contributed by atoms with E-state index in [1.807, 2.05) is 19.1 Å². The third kappa shape index (κ3) is 2.61. The lowest BCUT2D eigenvalue weighted by Crippen LogP contribution is -1.93. The maximum atomic E-state index is 13.6. The van der Waals surface area contributed by atoms with Crippen LogP contribution in [0.15, 0.2) is 51.6 Å². The molecule has 0 unspecified atom stereocenters. The highest BCUT2D eigenvalue weighted by Gasteiger charge is 2.20. The average molecular weight is 413 g/mol. The summed E-state index contributed by atoms with van der Waals surface area (Å²) in [5.74, 6) is -0.219. The minimum atomic E-state index is -0.346. The van der Waals surface area contributed by atoms with Gasteiger partial charge in [0.15, 0.2) is 5.58 Å². The molecule has 0 aliphatic carbocycles. The Bertz CT molecular complexity index is 1160. The molecular weight excluding hydrogens is 399 g/mol. The zero-order chi connectivity index (χ0) is 18.4. The van der Waals surface area contributed by atoms with Gasteiger partial charge in [0, 0.05) is 29.2 Å². The van der Waals surface area contributed by atoms with Gasteiger partial charge in [0.2, 0.25) is 5.88 Å². The number of furan rings is 1. The molecular formula is C19H14BrFN4O. The molecule has 0 bridgehead atoms. The SMILES string of the molecule is Cc1cc(-c2ncc(-c3ccc(F)c(Br)c3)c3c(N)c(N)oc23)ccn1. The van der Waals surface area contributed by atoms with E-state index in [0.717, 1.165) is 16.8 Å². The standard InChI is InChI=1S/C19H14BrFN4O/c1-9-6-11(4-5-24-9)17-18-15(16(22)19(23)26-18)12(8-25-17)10-2-3-14(21)13(20)7-10/h2-8H,22-23H2,1H3.